The molecular formula is C38H80. The van der Waals surface area contributed by atoms with Gasteiger partial charge in [-0.25, -0.2) is 0 Å². The van der Waals surface area contributed by atoms with Gasteiger partial charge in [-0.3, -0.25) is 0 Å². The summed E-state index contributed by atoms with van der Waals surface area (Å²) in [5.74, 6) is 8.29. The van der Waals surface area contributed by atoms with Crippen LogP contribution in [0.4, 0.5) is 0 Å². The van der Waals surface area contributed by atoms with Crippen LogP contribution in [0.1, 0.15) is 175 Å². The van der Waals surface area contributed by atoms with Gasteiger partial charge in [0.1, 0.15) is 0 Å². The van der Waals surface area contributed by atoms with Crippen molar-refractivity contribution in [1.29, 1.82) is 0 Å². The average Bonchev–Trinajstić information content (AvgIpc) is 3.32. The lowest BCUT2D eigenvalue weighted by molar-refractivity contribution is -0.116. The zero-order valence-corrected chi connectivity index (χ0v) is 27.5. The maximum atomic E-state index is 3.00. The fourth-order valence-electron chi connectivity index (χ4n) is 9.78. The van der Waals surface area contributed by atoms with Crippen LogP contribution in [0.3, 0.4) is 0 Å². The molecule has 0 nitrogen and oxygen atoms in total. The van der Waals surface area contributed by atoms with Crippen LogP contribution < -0.4 is 0 Å². The van der Waals surface area contributed by atoms with Crippen LogP contribution in [0.15, 0.2) is 13.2 Å². The smallest absolute Gasteiger partial charge is 0.0235 e. The molecule has 4 aliphatic carbocycles. The molecule has 4 saturated carbocycles. The summed E-state index contributed by atoms with van der Waals surface area (Å²) < 4.78 is 0. The minimum absolute atomic E-state index is 0. The first-order valence-electron chi connectivity index (χ1n) is 16.9. The van der Waals surface area contributed by atoms with E-state index in [0.29, 0.717) is 10.8 Å². The largest absolute Gasteiger partial charge is 0.106 e. The SMILES string of the molecule is C.C.C=C.CC.CC.CC.CCCC1CCC2C3CCC(CC)C(CCC)(CC4C(C)C4C)C3CCC12C. The Morgan fingerprint density at radius 1 is 0.684 bits per heavy atom. The lowest BCUT2D eigenvalue weighted by Gasteiger charge is -2.61. The Kier molecular flexibility index (Phi) is 22.9. The topological polar surface area (TPSA) is 0 Å². The molecule has 0 N–H and O–H groups in total. The molecular weight excluding hydrogens is 456 g/mol. The molecule has 0 heterocycles. The van der Waals surface area contributed by atoms with Gasteiger partial charge < -0.3 is 0 Å². The third kappa shape index (κ3) is 8.38. The Balaban J connectivity index is -0.00000112. The van der Waals surface area contributed by atoms with Crippen LogP contribution in [-0.2, 0) is 0 Å². The molecule has 0 saturated heterocycles. The molecule has 0 aromatic rings. The Hall–Kier alpha value is -0.260. The van der Waals surface area contributed by atoms with Crippen LogP contribution in [0, 0.1) is 58.2 Å². The van der Waals surface area contributed by atoms with Crippen molar-refractivity contribution >= 4 is 0 Å². The van der Waals surface area contributed by atoms with Crippen molar-refractivity contribution < 1.29 is 0 Å². The highest BCUT2D eigenvalue weighted by Crippen LogP contribution is 2.69. The van der Waals surface area contributed by atoms with E-state index in [-0.39, 0.29) is 14.9 Å². The highest BCUT2D eigenvalue weighted by Gasteiger charge is 2.61. The third-order valence-electron chi connectivity index (χ3n) is 11.5. The molecule has 0 aromatic heterocycles. The Labute approximate surface area is 246 Å². The van der Waals surface area contributed by atoms with E-state index in [9.17, 15) is 0 Å². The van der Waals surface area contributed by atoms with Crippen LogP contribution in [-0.4, -0.2) is 0 Å². The lowest BCUT2D eigenvalue weighted by Crippen LogP contribution is -2.53. The molecule has 0 aliphatic heterocycles. The monoisotopic (exact) mass is 537 g/mol. The minimum Gasteiger partial charge on any atom is -0.106 e. The molecule has 0 spiro atoms. The van der Waals surface area contributed by atoms with Crippen molar-refractivity contribution in [2.75, 3.05) is 0 Å². The molecule has 0 amide bonds. The molecule has 9 unspecified atom stereocenters. The van der Waals surface area contributed by atoms with E-state index in [1.165, 1.54) is 32.1 Å². The molecule has 0 heteroatoms. The standard InChI is InChI=1S/C28H50.3C2H6.C2H4.2CH4/c1-7-10-22-12-14-25-23-13-11-21(9-3)28(16-8-2,18-24-19(4)20(24)5)26(23)15-17-27(22,25)6;4*1-2;;/h19-26H,7-18H2,1-6H3;3*1-2H3;1-2H2;2*1H4. The summed E-state index contributed by atoms with van der Waals surface area (Å²) in [6.07, 6.45) is 18.2. The Bertz CT molecular complexity index is 542. The molecule has 0 radical (unpaired) electrons. The van der Waals surface area contributed by atoms with Gasteiger partial charge in [0, 0.05) is 0 Å². The van der Waals surface area contributed by atoms with Crippen molar-refractivity contribution in [3.63, 3.8) is 0 Å². The second kappa shape index (κ2) is 20.6. The second-order valence-corrected chi connectivity index (χ2v) is 12.2. The molecule has 4 rings (SSSR count). The van der Waals surface area contributed by atoms with Crippen molar-refractivity contribution in [3.05, 3.63) is 13.2 Å². The first-order valence-corrected chi connectivity index (χ1v) is 16.9. The van der Waals surface area contributed by atoms with Gasteiger partial charge in [0.15, 0.2) is 0 Å². The van der Waals surface area contributed by atoms with E-state index in [0.717, 1.165) is 47.3 Å². The van der Waals surface area contributed by atoms with Crippen LogP contribution in [0.5, 0.6) is 0 Å². The predicted octanol–water partition coefficient (Wildman–Crippen LogP) is 13.9. The number of fused-ring (bicyclic) bond motifs is 3. The van der Waals surface area contributed by atoms with Crippen molar-refractivity contribution in [2.24, 2.45) is 58.2 Å². The molecule has 0 bridgehead atoms. The van der Waals surface area contributed by atoms with Crippen LogP contribution >= 0.6 is 0 Å². The van der Waals surface area contributed by atoms with Crippen LogP contribution in [0.25, 0.3) is 0 Å². The van der Waals surface area contributed by atoms with E-state index in [4.69, 9.17) is 0 Å². The maximum Gasteiger partial charge on any atom is -0.0235 e. The van der Waals surface area contributed by atoms with Gasteiger partial charge in [0.25, 0.3) is 0 Å². The number of hydrogen-bond donors (Lipinski definition) is 0. The van der Waals surface area contributed by atoms with Gasteiger partial charge in [-0.15, -0.1) is 13.2 Å². The van der Waals surface area contributed by atoms with Crippen molar-refractivity contribution in [1.82, 2.24) is 0 Å². The highest BCUT2D eigenvalue weighted by molar-refractivity contribution is 5.10. The summed E-state index contributed by atoms with van der Waals surface area (Å²) in [4.78, 5) is 0. The minimum atomic E-state index is 0. The fourth-order valence-corrected chi connectivity index (χ4v) is 9.78. The summed E-state index contributed by atoms with van der Waals surface area (Å²) in [5, 5.41) is 0. The summed E-state index contributed by atoms with van der Waals surface area (Å²) in [7, 11) is 0. The molecule has 9 atom stereocenters. The van der Waals surface area contributed by atoms with Gasteiger partial charge in [0.05, 0.1) is 0 Å². The number of rotatable bonds is 7. The highest BCUT2D eigenvalue weighted by atomic mass is 14.7. The van der Waals surface area contributed by atoms with E-state index < -0.39 is 0 Å². The molecule has 4 aliphatic rings. The zero-order chi connectivity index (χ0) is 28.1. The number of hydrogen-bond acceptors (Lipinski definition) is 0. The first kappa shape index (κ1) is 42.2. The zero-order valence-electron chi connectivity index (χ0n) is 27.5. The summed E-state index contributed by atoms with van der Waals surface area (Å²) in [6, 6.07) is 0. The van der Waals surface area contributed by atoms with E-state index in [1.54, 1.807) is 44.9 Å². The Morgan fingerprint density at radius 3 is 1.66 bits per heavy atom. The summed E-state index contributed by atoms with van der Waals surface area (Å²) in [5.41, 5.74) is 1.38. The summed E-state index contributed by atoms with van der Waals surface area (Å²) in [6.45, 7) is 33.2. The normalized spacial score (nSPS) is 39.6. The maximum absolute atomic E-state index is 3.00. The van der Waals surface area contributed by atoms with Gasteiger partial charge in [0.2, 0.25) is 0 Å². The lowest BCUT2D eigenvalue weighted by atomic mass is 9.44. The quantitative estimate of drug-likeness (QED) is 0.284. The van der Waals surface area contributed by atoms with Crippen molar-refractivity contribution in [2.45, 2.75) is 175 Å². The predicted molar refractivity (Wildman–Crippen MR) is 181 cm³/mol. The van der Waals surface area contributed by atoms with Gasteiger partial charge in [-0.05, 0) is 110 Å². The average molecular weight is 537 g/mol. The fraction of sp³-hybridized carbons (Fsp3) is 0.947. The van der Waals surface area contributed by atoms with Crippen molar-refractivity contribution in [3.8, 4) is 0 Å². The molecule has 0 aromatic carbocycles. The molecule has 38 heavy (non-hydrogen) atoms. The van der Waals surface area contributed by atoms with E-state index in [1.807, 2.05) is 41.5 Å². The van der Waals surface area contributed by atoms with Gasteiger partial charge in [-0.2, -0.15) is 0 Å². The van der Waals surface area contributed by atoms with Gasteiger partial charge in [-0.1, -0.05) is 124 Å². The van der Waals surface area contributed by atoms with E-state index >= 15 is 0 Å². The third-order valence-corrected chi connectivity index (χ3v) is 11.5. The first-order chi connectivity index (χ1) is 17.4. The Morgan fingerprint density at radius 2 is 1.21 bits per heavy atom. The summed E-state index contributed by atoms with van der Waals surface area (Å²) >= 11 is 0. The van der Waals surface area contributed by atoms with Crippen LogP contribution in [0.2, 0.25) is 0 Å². The van der Waals surface area contributed by atoms with E-state index in [2.05, 4.69) is 54.7 Å². The molecule has 232 valence electrons. The van der Waals surface area contributed by atoms with Gasteiger partial charge >= 0.3 is 0 Å². The molecule has 4 fully saturated rings. The second-order valence-electron chi connectivity index (χ2n) is 12.2.